The quantitative estimate of drug-likeness (QED) is 0.491. The molecule has 0 bridgehead atoms. The van der Waals surface area contributed by atoms with Crippen LogP contribution >= 0.6 is 0 Å². The molecule has 0 spiro atoms. The van der Waals surface area contributed by atoms with Gasteiger partial charge >= 0.3 is 5.97 Å². The van der Waals surface area contributed by atoms with Gasteiger partial charge in [-0.15, -0.1) is 0 Å². The van der Waals surface area contributed by atoms with Crippen molar-refractivity contribution in [1.29, 1.82) is 0 Å². The number of ether oxygens (including phenoxy) is 3. The number of benzene rings is 1. The average Bonchev–Trinajstić information content (AvgIpc) is 3.32. The number of amides is 2. The van der Waals surface area contributed by atoms with Gasteiger partial charge in [0.15, 0.2) is 11.6 Å². The van der Waals surface area contributed by atoms with Crippen molar-refractivity contribution in [2.24, 2.45) is 17.3 Å². The normalized spacial score (nSPS) is 25.8. The number of halogens is 1. The predicted molar refractivity (Wildman–Crippen MR) is 132 cm³/mol. The molecule has 3 rings (SSSR count). The molecule has 1 aromatic rings. The van der Waals surface area contributed by atoms with Crippen LogP contribution < -0.4 is 20.1 Å². The maximum absolute atomic E-state index is 14.8. The average molecular weight is 507 g/mol. The number of methoxy groups -OCH3 is 2. The van der Waals surface area contributed by atoms with Crippen molar-refractivity contribution >= 4 is 17.8 Å². The van der Waals surface area contributed by atoms with E-state index in [0.29, 0.717) is 51.0 Å². The third kappa shape index (κ3) is 6.48. The minimum absolute atomic E-state index is 0.0368. The highest BCUT2D eigenvalue weighted by Gasteiger charge is 2.39. The lowest BCUT2D eigenvalue weighted by Gasteiger charge is -2.35. The molecule has 0 aromatic heterocycles. The van der Waals surface area contributed by atoms with Crippen molar-refractivity contribution in [3.05, 3.63) is 23.5 Å². The highest BCUT2D eigenvalue weighted by atomic mass is 19.1. The van der Waals surface area contributed by atoms with Gasteiger partial charge < -0.3 is 24.8 Å². The second-order valence-electron chi connectivity index (χ2n) is 10.6. The van der Waals surface area contributed by atoms with Gasteiger partial charge in [0.25, 0.3) is 5.91 Å². The second kappa shape index (κ2) is 11.9. The lowest BCUT2D eigenvalue weighted by Crippen LogP contribution is -2.44. The van der Waals surface area contributed by atoms with Crippen LogP contribution in [0.2, 0.25) is 0 Å². The van der Waals surface area contributed by atoms with Crippen LogP contribution in [0.25, 0.3) is 0 Å². The Balaban J connectivity index is 1.70. The van der Waals surface area contributed by atoms with Crippen molar-refractivity contribution in [2.45, 2.75) is 77.9 Å². The van der Waals surface area contributed by atoms with Crippen molar-refractivity contribution in [3.63, 3.8) is 0 Å². The number of hydrogen-bond acceptors (Lipinski definition) is 6. The zero-order valence-corrected chi connectivity index (χ0v) is 21.9. The molecule has 0 aliphatic heterocycles. The molecule has 0 saturated heterocycles. The first-order valence-corrected chi connectivity index (χ1v) is 12.8. The van der Waals surface area contributed by atoms with E-state index in [1.165, 1.54) is 20.3 Å². The van der Waals surface area contributed by atoms with Gasteiger partial charge in [0, 0.05) is 18.7 Å². The van der Waals surface area contributed by atoms with Crippen LogP contribution in [0.4, 0.5) is 4.39 Å². The molecule has 2 N–H and O–H groups in total. The van der Waals surface area contributed by atoms with Gasteiger partial charge in [-0.3, -0.25) is 14.4 Å². The Hall–Kier alpha value is -2.84. The van der Waals surface area contributed by atoms with Crippen molar-refractivity contribution in [3.8, 4) is 11.5 Å². The zero-order valence-electron chi connectivity index (χ0n) is 21.9. The zero-order chi connectivity index (χ0) is 26.5. The molecule has 200 valence electrons. The summed E-state index contributed by atoms with van der Waals surface area (Å²) in [5, 5.41) is 5.91. The minimum atomic E-state index is -0.628. The van der Waals surface area contributed by atoms with Crippen molar-refractivity contribution in [1.82, 2.24) is 10.6 Å². The Morgan fingerprint density at radius 3 is 2.39 bits per heavy atom. The first kappa shape index (κ1) is 27.7. The van der Waals surface area contributed by atoms with E-state index in [2.05, 4.69) is 10.6 Å². The van der Waals surface area contributed by atoms with Gasteiger partial charge in [0.1, 0.15) is 5.75 Å². The molecule has 36 heavy (non-hydrogen) atoms. The number of hydrogen-bond donors (Lipinski definition) is 2. The lowest BCUT2D eigenvalue weighted by molar-refractivity contribution is -0.154. The van der Waals surface area contributed by atoms with Crippen LogP contribution in [0.15, 0.2) is 12.1 Å². The fourth-order valence-corrected chi connectivity index (χ4v) is 5.08. The van der Waals surface area contributed by atoms with E-state index in [-0.39, 0.29) is 47.0 Å². The maximum atomic E-state index is 14.8. The van der Waals surface area contributed by atoms with Gasteiger partial charge in [0.2, 0.25) is 5.91 Å². The molecular weight excluding hydrogens is 467 g/mol. The van der Waals surface area contributed by atoms with Gasteiger partial charge in [-0.1, -0.05) is 20.3 Å². The third-order valence-corrected chi connectivity index (χ3v) is 7.36. The van der Waals surface area contributed by atoms with Crippen molar-refractivity contribution < 1.29 is 33.0 Å². The number of carbonyl (C=O) groups excluding carboxylic acids is 3. The molecule has 2 aliphatic carbocycles. The minimum Gasteiger partial charge on any atom is -0.496 e. The van der Waals surface area contributed by atoms with Crippen LogP contribution in [0.1, 0.15) is 76.1 Å². The Bertz CT molecular complexity index is 958. The Morgan fingerprint density at radius 1 is 1.08 bits per heavy atom. The third-order valence-electron chi connectivity index (χ3n) is 7.36. The summed E-state index contributed by atoms with van der Waals surface area (Å²) in [6, 6.07) is 2.20. The van der Waals surface area contributed by atoms with E-state index in [1.807, 2.05) is 20.8 Å². The fourth-order valence-electron chi connectivity index (χ4n) is 5.08. The first-order valence-electron chi connectivity index (χ1n) is 12.8. The predicted octanol–water partition coefficient (Wildman–Crippen LogP) is 4.01. The number of esters is 1. The summed E-state index contributed by atoms with van der Waals surface area (Å²) in [5.41, 5.74) is -0.422. The van der Waals surface area contributed by atoms with Crippen LogP contribution in [0.3, 0.4) is 0 Å². The molecule has 2 amide bonds. The van der Waals surface area contributed by atoms with Crippen LogP contribution in [0, 0.1) is 23.1 Å². The standard InChI is InChI=1S/C27H39FN2O6/c1-16(2)15-29-24(31)18-7-6-8-21(18)30-25(32)19-13-23(20(28)14-22(19)34-4)36-17-9-11-27(3,12-10-17)26(33)35-5/h13-14,16-18,21H,6-12,15H2,1-5H3,(H,29,31)(H,30,32)/t17-,18-,21+,27+/m0/s1. The van der Waals surface area contributed by atoms with Crippen LogP contribution in [-0.4, -0.2) is 50.7 Å². The summed E-state index contributed by atoms with van der Waals surface area (Å²) in [7, 11) is 2.75. The molecule has 2 saturated carbocycles. The molecule has 2 aliphatic rings. The lowest BCUT2D eigenvalue weighted by atomic mass is 9.75. The highest BCUT2D eigenvalue weighted by Crippen LogP contribution is 2.39. The molecule has 8 nitrogen and oxygen atoms in total. The van der Waals surface area contributed by atoms with Crippen LogP contribution in [0.5, 0.6) is 11.5 Å². The molecule has 0 unspecified atom stereocenters. The summed E-state index contributed by atoms with van der Waals surface area (Å²) in [5.74, 6) is -1.28. The van der Waals surface area contributed by atoms with Crippen LogP contribution in [-0.2, 0) is 14.3 Å². The Morgan fingerprint density at radius 2 is 1.78 bits per heavy atom. The Labute approximate surface area is 212 Å². The molecule has 2 atom stereocenters. The summed E-state index contributed by atoms with van der Waals surface area (Å²) < 4.78 is 31.0. The topological polar surface area (TPSA) is 103 Å². The van der Waals surface area contributed by atoms with E-state index in [1.54, 1.807) is 0 Å². The molecule has 0 radical (unpaired) electrons. The first-order chi connectivity index (χ1) is 17.1. The Kier molecular flexibility index (Phi) is 9.19. The second-order valence-corrected chi connectivity index (χ2v) is 10.6. The van der Waals surface area contributed by atoms with E-state index in [4.69, 9.17) is 14.2 Å². The highest BCUT2D eigenvalue weighted by molar-refractivity contribution is 5.98. The van der Waals surface area contributed by atoms with E-state index in [9.17, 15) is 18.8 Å². The molecule has 2 fully saturated rings. The SMILES string of the molecule is COc1cc(F)c(O[C@H]2CC[C@@](C)(C(=O)OC)CC2)cc1C(=O)N[C@@H]1CCC[C@@H]1C(=O)NCC(C)C. The summed E-state index contributed by atoms with van der Waals surface area (Å²) >= 11 is 0. The molecule has 1 aromatic carbocycles. The number of rotatable bonds is 9. The van der Waals surface area contributed by atoms with E-state index in [0.717, 1.165) is 12.5 Å². The van der Waals surface area contributed by atoms with Gasteiger partial charge in [0.05, 0.1) is 37.2 Å². The maximum Gasteiger partial charge on any atom is 0.311 e. The van der Waals surface area contributed by atoms with Crippen molar-refractivity contribution in [2.75, 3.05) is 20.8 Å². The summed E-state index contributed by atoms with van der Waals surface area (Å²) in [6.45, 7) is 6.51. The summed E-state index contributed by atoms with van der Waals surface area (Å²) in [6.07, 6.45) is 4.21. The molecule has 0 heterocycles. The smallest absolute Gasteiger partial charge is 0.311 e. The molecular formula is C27H39FN2O6. The van der Waals surface area contributed by atoms with Gasteiger partial charge in [-0.05, 0) is 57.4 Å². The van der Waals surface area contributed by atoms with Gasteiger partial charge in [-0.2, -0.15) is 0 Å². The summed E-state index contributed by atoms with van der Waals surface area (Å²) in [4.78, 5) is 37.9. The largest absolute Gasteiger partial charge is 0.496 e. The number of nitrogens with one attached hydrogen (secondary N) is 2. The van der Waals surface area contributed by atoms with Gasteiger partial charge in [-0.25, -0.2) is 4.39 Å². The van der Waals surface area contributed by atoms with E-state index >= 15 is 0 Å². The van der Waals surface area contributed by atoms with E-state index < -0.39 is 17.1 Å². The monoisotopic (exact) mass is 506 g/mol. The number of carbonyl (C=O) groups is 3. The molecule has 9 heteroatoms. The fraction of sp³-hybridized carbons (Fsp3) is 0.667.